The maximum absolute atomic E-state index is 11.7. The second-order valence-electron chi connectivity index (χ2n) is 5.25. The lowest BCUT2D eigenvalue weighted by Gasteiger charge is -2.01. The van der Waals surface area contributed by atoms with Gasteiger partial charge in [-0.25, -0.2) is 0 Å². The highest BCUT2D eigenvalue weighted by Crippen LogP contribution is 2.28. The Labute approximate surface area is 128 Å². The van der Waals surface area contributed by atoms with E-state index in [0.29, 0.717) is 11.3 Å². The van der Waals surface area contributed by atoms with E-state index in [1.165, 1.54) is 11.6 Å². The van der Waals surface area contributed by atoms with Crippen molar-refractivity contribution in [3.8, 4) is 28.3 Å². The van der Waals surface area contributed by atoms with Crippen LogP contribution in [0.2, 0.25) is 0 Å². The molecule has 0 amide bonds. The van der Waals surface area contributed by atoms with Crippen molar-refractivity contribution >= 4 is 0 Å². The van der Waals surface area contributed by atoms with Crippen molar-refractivity contribution in [1.82, 2.24) is 9.78 Å². The van der Waals surface area contributed by atoms with Crippen LogP contribution < -0.4 is 5.43 Å². The van der Waals surface area contributed by atoms with E-state index in [2.05, 4.69) is 5.10 Å². The summed E-state index contributed by atoms with van der Waals surface area (Å²) in [5.74, 6) is -0.279. The summed E-state index contributed by atoms with van der Waals surface area (Å²) >= 11 is 0. The van der Waals surface area contributed by atoms with Gasteiger partial charge in [0.25, 0.3) is 0 Å². The predicted molar refractivity (Wildman–Crippen MR) is 86.8 cm³/mol. The van der Waals surface area contributed by atoms with Gasteiger partial charge in [0.05, 0.1) is 11.4 Å². The molecule has 0 aliphatic rings. The van der Waals surface area contributed by atoms with Crippen LogP contribution in [0, 0.1) is 6.92 Å². The molecule has 22 heavy (non-hydrogen) atoms. The Hall–Kier alpha value is -2.88. The molecular formula is C18H16N2O2. The molecule has 0 spiro atoms. The molecule has 110 valence electrons. The molecule has 0 aliphatic heterocycles. The first-order chi connectivity index (χ1) is 10.6. The van der Waals surface area contributed by atoms with Crippen LogP contribution in [-0.4, -0.2) is 14.9 Å². The van der Waals surface area contributed by atoms with Crippen molar-refractivity contribution in [1.29, 1.82) is 0 Å². The number of aromatic nitrogens is 2. The first kappa shape index (κ1) is 14.1. The third-order valence-electron chi connectivity index (χ3n) is 3.61. The largest absolute Gasteiger partial charge is 0.504 e. The van der Waals surface area contributed by atoms with Gasteiger partial charge in [-0.2, -0.15) is 5.10 Å². The molecule has 0 radical (unpaired) electrons. The van der Waals surface area contributed by atoms with Crippen LogP contribution in [0.3, 0.4) is 0 Å². The molecule has 4 heteroatoms. The minimum absolute atomic E-state index is 0.279. The first-order valence-electron chi connectivity index (χ1n) is 7.00. The molecular weight excluding hydrogens is 276 g/mol. The summed E-state index contributed by atoms with van der Waals surface area (Å²) in [5, 5.41) is 14.5. The predicted octanol–water partition coefficient (Wildman–Crippen LogP) is 3.13. The van der Waals surface area contributed by atoms with E-state index in [9.17, 15) is 9.90 Å². The minimum Gasteiger partial charge on any atom is -0.504 e. The third-order valence-corrected chi connectivity index (χ3v) is 3.61. The number of aromatic hydroxyl groups is 1. The Morgan fingerprint density at radius 1 is 1.05 bits per heavy atom. The summed E-state index contributed by atoms with van der Waals surface area (Å²) < 4.78 is 1.75. The van der Waals surface area contributed by atoms with Crippen LogP contribution in [0.15, 0.2) is 59.4 Å². The molecule has 0 fully saturated rings. The monoisotopic (exact) mass is 292 g/mol. The molecule has 1 aromatic heterocycles. The summed E-state index contributed by atoms with van der Waals surface area (Å²) in [5.41, 5.74) is 3.74. The first-order valence-corrected chi connectivity index (χ1v) is 7.00. The summed E-state index contributed by atoms with van der Waals surface area (Å²) in [6, 6.07) is 16.4. The highest BCUT2D eigenvalue weighted by molar-refractivity contribution is 5.72. The quantitative estimate of drug-likeness (QED) is 0.789. The van der Waals surface area contributed by atoms with E-state index in [4.69, 9.17) is 0 Å². The highest BCUT2D eigenvalue weighted by Gasteiger charge is 2.13. The number of rotatable bonds is 2. The van der Waals surface area contributed by atoms with Gasteiger partial charge in [-0.05, 0) is 30.7 Å². The van der Waals surface area contributed by atoms with E-state index >= 15 is 0 Å². The normalized spacial score (nSPS) is 10.6. The molecule has 4 nitrogen and oxygen atoms in total. The maximum Gasteiger partial charge on any atom is 0.220 e. The van der Waals surface area contributed by atoms with Gasteiger partial charge in [0.1, 0.15) is 0 Å². The molecule has 1 N–H and O–H groups in total. The van der Waals surface area contributed by atoms with Gasteiger partial charge in [0.2, 0.25) is 5.43 Å². The average molecular weight is 292 g/mol. The molecule has 0 atom stereocenters. The molecule has 2 aromatic carbocycles. The van der Waals surface area contributed by atoms with Crippen LogP contribution in [0.25, 0.3) is 22.5 Å². The van der Waals surface area contributed by atoms with Gasteiger partial charge >= 0.3 is 0 Å². The van der Waals surface area contributed by atoms with E-state index in [1.807, 2.05) is 44.3 Å². The summed E-state index contributed by atoms with van der Waals surface area (Å²) in [4.78, 5) is 11.7. The Morgan fingerprint density at radius 2 is 1.73 bits per heavy atom. The van der Waals surface area contributed by atoms with Gasteiger partial charge in [0.15, 0.2) is 5.75 Å². The van der Waals surface area contributed by atoms with Crippen molar-refractivity contribution in [2.75, 3.05) is 0 Å². The minimum atomic E-state index is -0.414. The second kappa shape index (κ2) is 5.48. The van der Waals surface area contributed by atoms with Crippen molar-refractivity contribution in [2.45, 2.75) is 6.92 Å². The fourth-order valence-electron chi connectivity index (χ4n) is 2.39. The van der Waals surface area contributed by atoms with Crippen LogP contribution in [0.1, 0.15) is 5.56 Å². The van der Waals surface area contributed by atoms with Crippen molar-refractivity contribution in [3.05, 3.63) is 70.4 Å². The van der Waals surface area contributed by atoms with Crippen molar-refractivity contribution < 1.29 is 5.11 Å². The average Bonchev–Trinajstić information content (AvgIpc) is 2.80. The summed E-state index contributed by atoms with van der Waals surface area (Å²) in [6.07, 6.45) is 0. The lowest BCUT2D eigenvalue weighted by atomic mass is 10.1. The molecule has 0 saturated heterocycles. The molecule has 1 heterocycles. The Morgan fingerprint density at radius 3 is 2.45 bits per heavy atom. The Balaban J connectivity index is 2.15. The van der Waals surface area contributed by atoms with Gasteiger partial charge in [-0.1, -0.05) is 42.0 Å². The number of hydrogen-bond acceptors (Lipinski definition) is 3. The van der Waals surface area contributed by atoms with Crippen LogP contribution in [0.5, 0.6) is 5.75 Å². The van der Waals surface area contributed by atoms with E-state index in [-0.39, 0.29) is 5.75 Å². The van der Waals surface area contributed by atoms with E-state index < -0.39 is 5.43 Å². The van der Waals surface area contributed by atoms with Crippen LogP contribution in [0.4, 0.5) is 0 Å². The van der Waals surface area contributed by atoms with Crippen LogP contribution in [-0.2, 0) is 7.05 Å². The zero-order valence-electron chi connectivity index (χ0n) is 12.4. The topological polar surface area (TPSA) is 55.1 Å². The number of benzene rings is 1. The van der Waals surface area contributed by atoms with Gasteiger partial charge in [0, 0.05) is 12.6 Å². The molecule has 0 bridgehead atoms. The smallest absolute Gasteiger partial charge is 0.220 e. The van der Waals surface area contributed by atoms with Gasteiger partial charge in [-0.15, -0.1) is 0 Å². The number of hydrogen-bond donors (Lipinski definition) is 1. The standard InChI is InChI=1S/C18H16N2O2/c1-12-7-9-13(10-8-12)16-11-15(19-20(16)2)14-5-3-4-6-17(21)18(14)22/h3-11H,1-2H3,(H,21,22). The van der Waals surface area contributed by atoms with Crippen molar-refractivity contribution in [3.63, 3.8) is 0 Å². The summed E-state index contributed by atoms with van der Waals surface area (Å²) in [6.45, 7) is 2.04. The highest BCUT2D eigenvalue weighted by atomic mass is 16.3. The number of aryl methyl sites for hydroxylation is 2. The van der Waals surface area contributed by atoms with Crippen LogP contribution >= 0.6 is 0 Å². The van der Waals surface area contributed by atoms with Crippen molar-refractivity contribution in [2.24, 2.45) is 7.05 Å². The third kappa shape index (κ3) is 2.51. The molecule has 0 aliphatic carbocycles. The Bertz CT molecular complexity index is 880. The zero-order chi connectivity index (χ0) is 15.7. The second-order valence-corrected chi connectivity index (χ2v) is 5.25. The molecule has 0 unspecified atom stereocenters. The van der Waals surface area contributed by atoms with Gasteiger partial charge in [-0.3, -0.25) is 9.48 Å². The fourth-order valence-corrected chi connectivity index (χ4v) is 2.39. The lowest BCUT2D eigenvalue weighted by Crippen LogP contribution is -1.96. The van der Waals surface area contributed by atoms with Gasteiger partial charge < -0.3 is 5.11 Å². The maximum atomic E-state index is 11.7. The lowest BCUT2D eigenvalue weighted by molar-refractivity contribution is 0.472. The number of nitrogens with zero attached hydrogens (tertiary/aromatic N) is 2. The Kier molecular flexibility index (Phi) is 3.51. The van der Waals surface area contributed by atoms with E-state index in [1.54, 1.807) is 22.9 Å². The SMILES string of the molecule is Cc1ccc(-c2cc(-c3ccccc(=O)c3O)nn2C)cc1. The molecule has 0 saturated carbocycles. The molecule has 3 rings (SSSR count). The zero-order valence-corrected chi connectivity index (χ0v) is 12.4. The molecule has 3 aromatic rings. The van der Waals surface area contributed by atoms with E-state index in [0.717, 1.165) is 11.3 Å². The fraction of sp³-hybridized carbons (Fsp3) is 0.111. The summed E-state index contributed by atoms with van der Waals surface area (Å²) in [7, 11) is 1.84.